The van der Waals surface area contributed by atoms with Crippen LogP contribution in [0.25, 0.3) is 5.69 Å². The van der Waals surface area contributed by atoms with E-state index in [0.717, 1.165) is 43.6 Å². The second kappa shape index (κ2) is 19.1. The van der Waals surface area contributed by atoms with Gasteiger partial charge in [0.1, 0.15) is 48.1 Å². The average molecular weight is 867 g/mol. The Balaban J connectivity index is 0.886. The van der Waals surface area contributed by atoms with Crippen molar-refractivity contribution in [2.45, 2.75) is 63.8 Å². The van der Waals surface area contributed by atoms with Crippen LogP contribution in [-0.4, -0.2) is 97.0 Å². The fourth-order valence-electron chi connectivity index (χ4n) is 7.97. The molecule has 326 valence electrons. The van der Waals surface area contributed by atoms with Crippen LogP contribution in [0, 0.1) is 17.6 Å². The van der Waals surface area contributed by atoms with E-state index in [9.17, 15) is 18.5 Å². The minimum Gasteiger partial charge on any atom is -0.493 e. The predicted octanol–water partition coefficient (Wildman–Crippen LogP) is 5.01. The SMILES string of the molecule is CCC([C@H](C)OC(=O)CCCOP(=O)(O)O)n1ncn(-c2ccc(N3CCN(c4ccc(OC[C@@H]5CO[C@@](Cn6cncn6)(c6ccc(F)cc6F)C5)cc4)CC3)cc2)c1=O. The summed E-state index contributed by atoms with van der Waals surface area (Å²) in [4.78, 5) is 52.0. The van der Waals surface area contributed by atoms with Gasteiger partial charge in [0.25, 0.3) is 0 Å². The molecule has 4 atom stereocenters. The highest BCUT2D eigenvalue weighted by Crippen LogP contribution is 2.42. The molecule has 20 heteroatoms. The highest BCUT2D eigenvalue weighted by molar-refractivity contribution is 7.46. The van der Waals surface area contributed by atoms with E-state index in [0.29, 0.717) is 37.5 Å². The van der Waals surface area contributed by atoms with Crippen LogP contribution in [0.5, 0.6) is 5.75 Å². The summed E-state index contributed by atoms with van der Waals surface area (Å²) in [7, 11) is -4.61. The molecule has 3 aromatic carbocycles. The average Bonchev–Trinajstić information content (AvgIpc) is 4.00. The highest BCUT2D eigenvalue weighted by atomic mass is 31.2. The maximum absolute atomic E-state index is 15.0. The van der Waals surface area contributed by atoms with Gasteiger partial charge in [0.05, 0.1) is 38.1 Å². The molecule has 2 saturated heterocycles. The predicted molar refractivity (Wildman–Crippen MR) is 218 cm³/mol. The Morgan fingerprint density at radius 3 is 2.26 bits per heavy atom. The number of halogens is 2. The zero-order valence-corrected chi connectivity index (χ0v) is 34.7. The number of hydrogen-bond acceptors (Lipinski definition) is 12. The van der Waals surface area contributed by atoms with E-state index in [-0.39, 0.29) is 43.2 Å². The highest BCUT2D eigenvalue weighted by Gasteiger charge is 2.44. The van der Waals surface area contributed by atoms with Crippen molar-refractivity contribution >= 4 is 25.2 Å². The number of phosphoric acid groups is 1. The summed E-state index contributed by atoms with van der Waals surface area (Å²) < 4.78 is 66.3. The fourth-order valence-corrected chi connectivity index (χ4v) is 8.34. The van der Waals surface area contributed by atoms with Gasteiger partial charge in [-0.3, -0.25) is 9.32 Å². The molecule has 2 aliphatic heterocycles. The molecule has 2 N–H and O–H groups in total. The van der Waals surface area contributed by atoms with Gasteiger partial charge >= 0.3 is 19.5 Å². The molecular weight excluding hydrogens is 817 g/mol. The number of rotatable bonds is 18. The molecule has 0 spiro atoms. The lowest BCUT2D eigenvalue weighted by Gasteiger charge is -2.37. The zero-order chi connectivity index (χ0) is 43.1. The normalized spacial score (nSPS) is 19.2. The van der Waals surface area contributed by atoms with Gasteiger partial charge in [0.2, 0.25) is 0 Å². The van der Waals surface area contributed by atoms with E-state index in [1.165, 1.54) is 34.0 Å². The first kappa shape index (κ1) is 43.6. The van der Waals surface area contributed by atoms with Gasteiger partial charge in [-0.25, -0.2) is 37.1 Å². The number of carbonyl (C=O) groups excluding carboxylic acids is 1. The number of aromatic nitrogens is 6. The van der Waals surface area contributed by atoms with Gasteiger partial charge in [-0.1, -0.05) is 13.0 Å². The quantitative estimate of drug-likeness (QED) is 0.0679. The third-order valence-electron chi connectivity index (χ3n) is 11.0. The summed E-state index contributed by atoms with van der Waals surface area (Å²) >= 11 is 0. The molecule has 2 aromatic heterocycles. The van der Waals surface area contributed by atoms with Crippen LogP contribution in [0.1, 0.15) is 51.1 Å². The first-order valence-corrected chi connectivity index (χ1v) is 21.6. The molecular formula is C41H49F2N8O9P. The molecule has 61 heavy (non-hydrogen) atoms. The van der Waals surface area contributed by atoms with Gasteiger partial charge in [0.15, 0.2) is 0 Å². The Hall–Kier alpha value is -5.46. The molecule has 0 amide bonds. The minimum absolute atomic E-state index is 0.0403. The molecule has 0 radical (unpaired) electrons. The first-order valence-electron chi connectivity index (χ1n) is 20.1. The lowest BCUT2D eigenvalue weighted by Crippen LogP contribution is -2.46. The number of phosphoric ester groups is 1. The lowest BCUT2D eigenvalue weighted by molar-refractivity contribution is -0.151. The molecule has 2 aliphatic rings. The van der Waals surface area contributed by atoms with Crippen LogP contribution in [0.4, 0.5) is 20.2 Å². The summed E-state index contributed by atoms with van der Waals surface area (Å²) in [6, 6.07) is 18.7. The Morgan fingerprint density at radius 1 is 0.967 bits per heavy atom. The fraction of sp³-hybridized carbons (Fsp3) is 0.439. The maximum atomic E-state index is 15.0. The third kappa shape index (κ3) is 10.7. The number of nitrogens with zero attached hydrogens (tertiary/aromatic N) is 8. The summed E-state index contributed by atoms with van der Waals surface area (Å²) in [5.74, 6) is -1.23. The topological polar surface area (TPSA) is 189 Å². The van der Waals surface area contributed by atoms with E-state index in [2.05, 4.69) is 29.5 Å². The van der Waals surface area contributed by atoms with Crippen molar-refractivity contribution < 1.29 is 46.7 Å². The van der Waals surface area contributed by atoms with Gasteiger partial charge in [0, 0.05) is 61.5 Å². The van der Waals surface area contributed by atoms with E-state index < -0.39 is 43.2 Å². The number of hydrogen-bond donors (Lipinski definition) is 2. The lowest BCUT2D eigenvalue weighted by atomic mass is 9.87. The van der Waals surface area contributed by atoms with Gasteiger partial charge in [-0.2, -0.15) is 10.2 Å². The van der Waals surface area contributed by atoms with Crippen LogP contribution in [0.2, 0.25) is 0 Å². The minimum atomic E-state index is -4.61. The Bertz CT molecular complexity index is 2330. The number of benzene rings is 3. The van der Waals surface area contributed by atoms with Crippen molar-refractivity contribution in [1.82, 2.24) is 29.1 Å². The van der Waals surface area contributed by atoms with Gasteiger partial charge in [-0.05, 0) is 80.8 Å². The van der Waals surface area contributed by atoms with Crippen molar-refractivity contribution in [1.29, 1.82) is 0 Å². The molecule has 0 saturated carbocycles. The molecule has 2 fully saturated rings. The van der Waals surface area contributed by atoms with Crippen molar-refractivity contribution in [2.75, 3.05) is 55.8 Å². The van der Waals surface area contributed by atoms with E-state index >= 15 is 4.39 Å². The number of ether oxygens (including phenoxy) is 3. The smallest absolute Gasteiger partial charge is 0.469 e. The van der Waals surface area contributed by atoms with E-state index in [1.807, 2.05) is 55.5 Å². The van der Waals surface area contributed by atoms with Crippen LogP contribution in [-0.2, 0) is 35.5 Å². The number of esters is 1. The molecule has 0 aliphatic carbocycles. The second-order valence-corrected chi connectivity index (χ2v) is 16.5. The Kier molecular flexibility index (Phi) is 13.6. The zero-order valence-electron chi connectivity index (χ0n) is 33.8. The summed E-state index contributed by atoms with van der Waals surface area (Å²) in [5, 5.41) is 8.50. The number of piperazine rings is 1. The number of carbonyl (C=O) groups is 1. The monoisotopic (exact) mass is 866 g/mol. The Labute approximate surface area is 350 Å². The van der Waals surface area contributed by atoms with Crippen LogP contribution < -0.4 is 20.2 Å². The molecule has 1 unspecified atom stereocenters. The van der Waals surface area contributed by atoms with Crippen LogP contribution in [0.15, 0.2) is 90.5 Å². The third-order valence-corrected chi connectivity index (χ3v) is 11.6. The summed E-state index contributed by atoms with van der Waals surface area (Å²) in [6.45, 7) is 7.33. The second-order valence-electron chi connectivity index (χ2n) is 15.2. The van der Waals surface area contributed by atoms with Gasteiger partial charge in [-0.15, -0.1) is 0 Å². The first-order chi connectivity index (χ1) is 29.3. The standard InChI is InChI=1S/C41H49F2N8O9P/c1-3-38(29(2)60-39(52)5-4-20-59-61(54,55)56)51-40(53)50(28-46-51)34-9-7-32(8-10-34)47-16-18-48(19-17-47)33-11-13-35(14-12-33)57-23-30-22-41(58-24-30,25-49-27-44-26-45-49)36-15-6-31(42)21-37(36)43/h6-15,21,26-30,38H,3-5,16-20,22-25H2,1-2H3,(H2,54,55,56)/t29-,30+,38?,41-/m0/s1. The Morgan fingerprint density at radius 2 is 1.64 bits per heavy atom. The number of anilines is 2. The molecule has 0 bridgehead atoms. The molecule has 4 heterocycles. The summed E-state index contributed by atoms with van der Waals surface area (Å²) in [6.07, 6.45) is 4.59. The largest absolute Gasteiger partial charge is 0.493 e. The molecule has 17 nitrogen and oxygen atoms in total. The van der Waals surface area contributed by atoms with Crippen molar-refractivity contribution in [3.05, 3.63) is 113 Å². The van der Waals surface area contributed by atoms with Gasteiger partial charge < -0.3 is 33.8 Å². The van der Waals surface area contributed by atoms with Crippen molar-refractivity contribution in [3.8, 4) is 11.4 Å². The maximum Gasteiger partial charge on any atom is 0.469 e. The van der Waals surface area contributed by atoms with Crippen LogP contribution in [0.3, 0.4) is 0 Å². The summed E-state index contributed by atoms with van der Waals surface area (Å²) in [5.41, 5.74) is 1.59. The van der Waals surface area contributed by atoms with E-state index in [4.69, 9.17) is 24.0 Å². The van der Waals surface area contributed by atoms with Crippen molar-refractivity contribution in [2.24, 2.45) is 5.92 Å². The molecule has 7 rings (SSSR count). The van der Waals surface area contributed by atoms with Crippen LogP contribution >= 0.6 is 7.82 Å². The van der Waals surface area contributed by atoms with Crippen molar-refractivity contribution in [3.63, 3.8) is 0 Å². The molecule has 5 aromatic rings. The van der Waals surface area contributed by atoms with E-state index in [1.54, 1.807) is 17.9 Å².